The van der Waals surface area contributed by atoms with Crippen LogP contribution >= 0.6 is 11.6 Å². The third-order valence-corrected chi connectivity index (χ3v) is 3.00. The van der Waals surface area contributed by atoms with Gasteiger partial charge in [-0.2, -0.15) is 9.97 Å². The molecule has 11 heteroatoms. The van der Waals surface area contributed by atoms with Gasteiger partial charge in [-0.25, -0.2) is 4.79 Å². The minimum Gasteiger partial charge on any atom is -0.466 e. The van der Waals surface area contributed by atoms with Crippen LogP contribution in [0.1, 0.15) is 6.42 Å². The molecule has 0 bridgehead atoms. The lowest BCUT2D eigenvalue weighted by molar-refractivity contribution is -0.385. The highest BCUT2D eigenvalue weighted by Crippen LogP contribution is 2.33. The van der Waals surface area contributed by atoms with Crippen LogP contribution in [0.25, 0.3) is 0 Å². The standard InChI is InChI=1S/C11H13ClN4O6/c1-20-7(17)5-22-10-8(16(18)19)9(14-11(12)15-10)13-6-2-3-21-4-6/h6H,2-5H2,1H3,(H,13,14,15). The first-order chi connectivity index (χ1) is 10.5. The van der Waals surface area contributed by atoms with Crippen LogP contribution < -0.4 is 10.1 Å². The van der Waals surface area contributed by atoms with E-state index in [1.54, 1.807) is 0 Å². The van der Waals surface area contributed by atoms with Crippen molar-refractivity contribution in [1.29, 1.82) is 0 Å². The fraction of sp³-hybridized carbons (Fsp3) is 0.545. The summed E-state index contributed by atoms with van der Waals surface area (Å²) in [4.78, 5) is 29.1. The molecule has 0 amide bonds. The van der Waals surface area contributed by atoms with Crippen LogP contribution in [-0.2, 0) is 14.3 Å². The Morgan fingerprint density at radius 3 is 2.95 bits per heavy atom. The highest BCUT2D eigenvalue weighted by molar-refractivity contribution is 6.28. The van der Waals surface area contributed by atoms with Gasteiger partial charge in [0.2, 0.25) is 11.1 Å². The summed E-state index contributed by atoms with van der Waals surface area (Å²) in [6.45, 7) is 0.420. The van der Waals surface area contributed by atoms with Crippen molar-refractivity contribution in [3.05, 3.63) is 15.4 Å². The van der Waals surface area contributed by atoms with Gasteiger partial charge in [0.25, 0.3) is 0 Å². The van der Waals surface area contributed by atoms with E-state index in [4.69, 9.17) is 21.1 Å². The SMILES string of the molecule is COC(=O)COc1nc(Cl)nc(NC2CCOC2)c1[N+](=O)[O-]. The zero-order chi connectivity index (χ0) is 16.1. The van der Waals surface area contributed by atoms with Gasteiger partial charge in [0.1, 0.15) is 0 Å². The molecule has 2 heterocycles. The topological polar surface area (TPSA) is 126 Å². The summed E-state index contributed by atoms with van der Waals surface area (Å²) in [6.07, 6.45) is 0.678. The first-order valence-electron chi connectivity index (χ1n) is 6.27. The molecule has 1 aromatic heterocycles. The molecule has 1 saturated heterocycles. The number of hydrogen-bond donors (Lipinski definition) is 1. The molecule has 1 aliphatic heterocycles. The van der Waals surface area contributed by atoms with Crippen LogP contribution in [0.3, 0.4) is 0 Å². The Balaban J connectivity index is 2.28. The molecule has 1 fully saturated rings. The van der Waals surface area contributed by atoms with Crippen molar-refractivity contribution < 1.29 is 23.9 Å². The number of rotatable bonds is 6. The van der Waals surface area contributed by atoms with Gasteiger partial charge in [-0.3, -0.25) is 10.1 Å². The Morgan fingerprint density at radius 2 is 2.36 bits per heavy atom. The summed E-state index contributed by atoms with van der Waals surface area (Å²) in [5.41, 5.74) is -0.500. The van der Waals surface area contributed by atoms with Crippen LogP contribution in [-0.4, -0.2) is 53.8 Å². The number of esters is 1. The van der Waals surface area contributed by atoms with E-state index in [9.17, 15) is 14.9 Å². The number of nitrogens with one attached hydrogen (secondary N) is 1. The van der Waals surface area contributed by atoms with Crippen LogP contribution in [0, 0.1) is 10.1 Å². The number of nitro groups is 1. The van der Waals surface area contributed by atoms with E-state index in [2.05, 4.69) is 20.0 Å². The smallest absolute Gasteiger partial charge is 0.372 e. The van der Waals surface area contributed by atoms with Crippen molar-refractivity contribution in [2.45, 2.75) is 12.5 Å². The molecule has 22 heavy (non-hydrogen) atoms. The fourth-order valence-electron chi connectivity index (χ4n) is 1.80. The summed E-state index contributed by atoms with van der Waals surface area (Å²) >= 11 is 5.75. The maximum atomic E-state index is 11.3. The Labute approximate surface area is 129 Å². The van der Waals surface area contributed by atoms with Gasteiger partial charge in [0, 0.05) is 6.61 Å². The number of halogens is 1. The summed E-state index contributed by atoms with van der Waals surface area (Å²) in [6, 6.07) is -0.127. The maximum Gasteiger partial charge on any atom is 0.372 e. The van der Waals surface area contributed by atoms with Gasteiger partial charge >= 0.3 is 17.5 Å². The summed E-state index contributed by atoms with van der Waals surface area (Å²) in [5.74, 6) is -1.19. The molecule has 2 rings (SSSR count). The number of carbonyl (C=O) groups is 1. The van der Waals surface area contributed by atoms with Crippen molar-refractivity contribution in [3.63, 3.8) is 0 Å². The first kappa shape index (κ1) is 16.2. The molecule has 1 unspecified atom stereocenters. The van der Waals surface area contributed by atoms with Crippen LogP contribution in [0.2, 0.25) is 5.28 Å². The first-order valence-corrected chi connectivity index (χ1v) is 6.65. The Bertz CT molecular complexity index is 578. The Morgan fingerprint density at radius 1 is 1.59 bits per heavy atom. The lowest BCUT2D eigenvalue weighted by Crippen LogP contribution is -2.21. The predicted molar refractivity (Wildman–Crippen MR) is 74.1 cm³/mol. The molecule has 1 aliphatic rings. The summed E-state index contributed by atoms with van der Waals surface area (Å²) in [7, 11) is 1.17. The molecule has 10 nitrogen and oxygen atoms in total. The maximum absolute atomic E-state index is 11.3. The Kier molecular flexibility index (Phi) is 5.28. The van der Waals surface area contributed by atoms with Crippen molar-refractivity contribution in [2.24, 2.45) is 0 Å². The molecular weight excluding hydrogens is 320 g/mol. The number of nitrogens with zero attached hydrogens (tertiary/aromatic N) is 3. The minimum atomic E-state index is -0.707. The normalized spacial score (nSPS) is 17.1. The van der Waals surface area contributed by atoms with Gasteiger partial charge < -0.3 is 19.5 Å². The van der Waals surface area contributed by atoms with E-state index in [0.717, 1.165) is 0 Å². The quantitative estimate of drug-likeness (QED) is 0.348. The molecule has 0 aliphatic carbocycles. The highest BCUT2D eigenvalue weighted by Gasteiger charge is 2.29. The van der Waals surface area contributed by atoms with Crippen molar-refractivity contribution in [3.8, 4) is 5.88 Å². The van der Waals surface area contributed by atoms with Crippen LogP contribution in [0.5, 0.6) is 5.88 Å². The molecule has 1 N–H and O–H groups in total. The van der Waals surface area contributed by atoms with Crippen molar-refractivity contribution in [2.75, 3.05) is 32.2 Å². The van der Waals surface area contributed by atoms with Gasteiger partial charge in [-0.05, 0) is 18.0 Å². The van der Waals surface area contributed by atoms with E-state index in [1.807, 2.05) is 0 Å². The molecule has 1 aromatic rings. The molecule has 0 aromatic carbocycles. The minimum absolute atomic E-state index is 0.0830. The highest BCUT2D eigenvalue weighted by atomic mass is 35.5. The second-order valence-corrected chi connectivity index (χ2v) is 4.66. The van der Waals surface area contributed by atoms with E-state index < -0.39 is 29.1 Å². The predicted octanol–water partition coefficient (Wildman–Crippen LogP) is 0.791. The molecule has 0 saturated carbocycles. The molecule has 1 atom stereocenters. The van der Waals surface area contributed by atoms with E-state index >= 15 is 0 Å². The van der Waals surface area contributed by atoms with Crippen LogP contribution in [0.15, 0.2) is 0 Å². The second kappa shape index (κ2) is 7.18. The zero-order valence-corrected chi connectivity index (χ0v) is 12.3. The number of ether oxygens (including phenoxy) is 3. The van der Waals surface area contributed by atoms with Crippen molar-refractivity contribution >= 4 is 29.1 Å². The third-order valence-electron chi connectivity index (χ3n) is 2.83. The average molecular weight is 333 g/mol. The number of aromatic nitrogens is 2. The lowest BCUT2D eigenvalue weighted by Gasteiger charge is -2.13. The van der Waals surface area contributed by atoms with Gasteiger partial charge in [0.05, 0.1) is 24.7 Å². The van der Waals surface area contributed by atoms with E-state index in [1.165, 1.54) is 7.11 Å². The zero-order valence-electron chi connectivity index (χ0n) is 11.6. The fourth-order valence-corrected chi connectivity index (χ4v) is 1.96. The summed E-state index contributed by atoms with van der Waals surface area (Å²) < 4.78 is 14.6. The van der Waals surface area contributed by atoms with E-state index in [-0.39, 0.29) is 17.1 Å². The molecular formula is C11H13ClN4O6. The third kappa shape index (κ3) is 3.92. The van der Waals surface area contributed by atoms with Gasteiger partial charge in [-0.1, -0.05) is 0 Å². The van der Waals surface area contributed by atoms with E-state index in [0.29, 0.717) is 19.6 Å². The lowest BCUT2D eigenvalue weighted by atomic mass is 10.2. The number of methoxy groups -OCH3 is 1. The average Bonchev–Trinajstić information content (AvgIpc) is 2.96. The Hall–Kier alpha value is -2.20. The monoisotopic (exact) mass is 332 g/mol. The molecule has 0 spiro atoms. The van der Waals surface area contributed by atoms with Gasteiger partial charge in [-0.15, -0.1) is 0 Å². The number of anilines is 1. The number of hydrogen-bond acceptors (Lipinski definition) is 9. The van der Waals surface area contributed by atoms with Crippen molar-refractivity contribution in [1.82, 2.24) is 9.97 Å². The second-order valence-electron chi connectivity index (χ2n) is 4.32. The summed E-state index contributed by atoms with van der Waals surface area (Å²) in [5, 5.41) is 13.9. The largest absolute Gasteiger partial charge is 0.466 e. The molecule has 0 radical (unpaired) electrons. The van der Waals surface area contributed by atoms with Crippen LogP contribution in [0.4, 0.5) is 11.5 Å². The molecule has 120 valence electrons. The number of carbonyl (C=O) groups excluding carboxylic acids is 1. The van der Waals surface area contributed by atoms with Gasteiger partial charge in [0.15, 0.2) is 6.61 Å².